The van der Waals surface area contributed by atoms with Crippen LogP contribution in [0.15, 0.2) is 0 Å². The van der Waals surface area contributed by atoms with Gasteiger partial charge in [0.2, 0.25) is 8.13 Å². The van der Waals surface area contributed by atoms with Crippen LogP contribution in [-0.2, 0) is 10.9 Å². The van der Waals surface area contributed by atoms with Gasteiger partial charge >= 0.3 is 0 Å². The molecule has 0 aliphatic carbocycles. The van der Waals surface area contributed by atoms with Crippen molar-refractivity contribution in [2.75, 3.05) is 0 Å². The molecule has 122 valence electrons. The first kappa shape index (κ1) is 19.6. The molecule has 8 heteroatoms. The molecule has 3 nitrogen and oxygen atoms in total. The molecule has 0 bridgehead atoms. The van der Waals surface area contributed by atoms with Crippen molar-refractivity contribution in [3.63, 3.8) is 0 Å². The lowest BCUT2D eigenvalue weighted by atomic mass is 10.1. The zero-order valence-electron chi connectivity index (χ0n) is 12.3. The number of aromatic nitrogens is 3. The van der Waals surface area contributed by atoms with Gasteiger partial charge in [-0.2, -0.15) is 0 Å². The van der Waals surface area contributed by atoms with Crippen LogP contribution in [0.2, 0.25) is 0 Å². The van der Waals surface area contributed by atoms with E-state index in [-0.39, 0.29) is 5.92 Å². The Kier molecular flexibility index (Phi) is 7.40. The van der Waals surface area contributed by atoms with Gasteiger partial charge in [-0.3, -0.25) is 0 Å². The van der Waals surface area contributed by atoms with Crippen LogP contribution >= 0.6 is 58.0 Å². The van der Waals surface area contributed by atoms with E-state index >= 15 is 0 Å². The van der Waals surface area contributed by atoms with Crippen molar-refractivity contribution in [3.8, 4) is 0 Å². The van der Waals surface area contributed by atoms with Crippen molar-refractivity contribution in [1.29, 1.82) is 0 Å². The van der Waals surface area contributed by atoms with E-state index in [0.29, 0.717) is 5.69 Å². The summed E-state index contributed by atoms with van der Waals surface area (Å²) >= 11 is 30.1. The average Bonchev–Trinajstić information content (AvgIpc) is 2.77. The number of aryl methyl sites for hydroxylation is 1. The van der Waals surface area contributed by atoms with Gasteiger partial charge in [-0.15, -0.1) is 5.10 Å². The number of halogens is 5. The van der Waals surface area contributed by atoms with Gasteiger partial charge in [-0.05, 0) is 12.3 Å². The van der Waals surface area contributed by atoms with Crippen LogP contribution in [0.25, 0.3) is 0 Å². The van der Waals surface area contributed by atoms with Gasteiger partial charge < -0.3 is 0 Å². The Bertz CT molecular complexity index is 451. The fourth-order valence-electron chi connectivity index (χ4n) is 2.10. The molecule has 1 aromatic heterocycles. The minimum atomic E-state index is -1.89. The Labute approximate surface area is 151 Å². The summed E-state index contributed by atoms with van der Waals surface area (Å²) in [5.74, 6) is 0.116. The highest BCUT2D eigenvalue weighted by molar-refractivity contribution is 6.75. The first-order valence-electron chi connectivity index (χ1n) is 7.01. The van der Waals surface area contributed by atoms with E-state index in [4.69, 9.17) is 58.0 Å². The average molecular weight is 396 g/mol. The molecule has 0 fully saturated rings. The summed E-state index contributed by atoms with van der Waals surface area (Å²) in [7, 11) is 0. The summed E-state index contributed by atoms with van der Waals surface area (Å²) in [4.78, 5) is 0. The minimum absolute atomic E-state index is 0.116. The maximum atomic E-state index is 6.24. The van der Waals surface area contributed by atoms with Crippen LogP contribution in [0, 0.1) is 0 Å². The molecule has 0 N–H and O–H groups in total. The maximum Gasteiger partial charge on any atom is 0.228 e. The maximum absolute atomic E-state index is 6.24. The van der Waals surface area contributed by atoms with Crippen molar-refractivity contribution in [3.05, 3.63) is 11.4 Å². The van der Waals surface area contributed by atoms with Gasteiger partial charge in [0.15, 0.2) is 0 Å². The third-order valence-corrected chi connectivity index (χ3v) is 5.55. The number of rotatable bonds is 7. The molecule has 0 aliphatic rings. The van der Waals surface area contributed by atoms with E-state index in [1.165, 1.54) is 12.8 Å². The first-order chi connectivity index (χ1) is 9.63. The van der Waals surface area contributed by atoms with Crippen molar-refractivity contribution >= 4 is 58.0 Å². The first-order valence-corrected chi connectivity index (χ1v) is 8.90. The monoisotopic (exact) mass is 393 g/mol. The molecule has 0 saturated carbocycles. The number of alkyl halides is 5. The van der Waals surface area contributed by atoms with Crippen LogP contribution < -0.4 is 0 Å². The lowest BCUT2D eigenvalue weighted by Crippen LogP contribution is -2.30. The van der Waals surface area contributed by atoms with Crippen LogP contribution in [0.4, 0.5) is 0 Å². The molecule has 1 aromatic rings. The Balaban J connectivity index is 3.05. The summed E-state index contributed by atoms with van der Waals surface area (Å²) < 4.78 is -1.81. The topological polar surface area (TPSA) is 30.7 Å². The van der Waals surface area contributed by atoms with Gasteiger partial charge in [-0.25, -0.2) is 4.68 Å². The van der Waals surface area contributed by atoms with E-state index in [1.54, 1.807) is 0 Å². The van der Waals surface area contributed by atoms with Crippen molar-refractivity contribution < 1.29 is 0 Å². The van der Waals surface area contributed by atoms with Crippen LogP contribution in [0.3, 0.4) is 0 Å². The molecule has 0 atom stereocenters. The minimum Gasteiger partial charge on any atom is -0.249 e. The fraction of sp³-hybridized carbons (Fsp3) is 0.846. The molecule has 1 heterocycles. The highest BCUT2D eigenvalue weighted by atomic mass is 35.6. The van der Waals surface area contributed by atoms with Gasteiger partial charge in [0.1, 0.15) is 5.69 Å². The lowest BCUT2D eigenvalue weighted by molar-refractivity contribution is 0.503. The summed E-state index contributed by atoms with van der Waals surface area (Å²) in [5.41, 5.74) is 1.12. The fourth-order valence-corrected chi connectivity index (χ4v) is 2.64. The zero-order valence-corrected chi connectivity index (χ0v) is 16.1. The second-order valence-corrected chi connectivity index (χ2v) is 8.94. The Morgan fingerprint density at radius 2 is 1.67 bits per heavy atom. The molecule has 21 heavy (non-hydrogen) atoms. The molecule has 0 aromatic carbocycles. The number of unbranched alkanes of at least 4 members (excludes halogenated alkanes) is 3. The predicted molar refractivity (Wildman–Crippen MR) is 91.9 cm³/mol. The van der Waals surface area contributed by atoms with Crippen LogP contribution in [-0.4, -0.2) is 18.8 Å². The summed E-state index contributed by atoms with van der Waals surface area (Å²) in [6.45, 7) is 6.94. The van der Waals surface area contributed by atoms with E-state index in [9.17, 15) is 0 Å². The smallest absolute Gasteiger partial charge is 0.228 e. The normalized spacial score (nSPS) is 13.2. The van der Waals surface area contributed by atoms with Crippen molar-refractivity contribution in [2.24, 2.45) is 0 Å². The highest BCUT2D eigenvalue weighted by Gasteiger charge is 2.51. The highest BCUT2D eigenvalue weighted by Crippen LogP contribution is 2.53. The van der Waals surface area contributed by atoms with E-state index in [1.807, 2.05) is 18.5 Å². The molecule has 0 amide bonds. The van der Waals surface area contributed by atoms with Gasteiger partial charge in [-0.1, -0.05) is 103 Å². The predicted octanol–water partition coefficient (Wildman–Crippen LogP) is 5.98. The summed E-state index contributed by atoms with van der Waals surface area (Å²) in [6, 6.07) is 0. The SMILES string of the molecule is CCCCCCn1nnc(C(Cl)(Cl)C(Cl)(Cl)Cl)c1C(C)C. The van der Waals surface area contributed by atoms with Gasteiger partial charge in [0.05, 0.1) is 5.69 Å². The Hall–Kier alpha value is 0.590. The van der Waals surface area contributed by atoms with Crippen LogP contribution in [0.1, 0.15) is 63.8 Å². The second-order valence-electron chi connectivity index (χ2n) is 5.33. The number of nitrogens with zero attached hydrogens (tertiary/aromatic N) is 3. The quantitative estimate of drug-likeness (QED) is 0.420. The summed E-state index contributed by atoms with van der Waals surface area (Å²) in [6.07, 6.45) is 4.53. The molecular formula is C13H20Cl5N3. The molecular weight excluding hydrogens is 375 g/mol. The third-order valence-electron chi connectivity index (χ3n) is 3.20. The van der Waals surface area contributed by atoms with E-state index < -0.39 is 8.13 Å². The molecule has 0 spiro atoms. The molecule has 0 saturated heterocycles. The largest absolute Gasteiger partial charge is 0.249 e. The standard InChI is InChI=1S/C13H20Cl5N3/c1-4-5-6-7-8-21-10(9(2)3)11(19-20-21)12(14,15)13(16,17)18/h9H,4-8H2,1-3H3. The van der Waals surface area contributed by atoms with Crippen LogP contribution in [0.5, 0.6) is 0 Å². The molecule has 1 rings (SSSR count). The van der Waals surface area contributed by atoms with E-state index in [2.05, 4.69) is 17.2 Å². The van der Waals surface area contributed by atoms with Gasteiger partial charge in [0, 0.05) is 6.54 Å². The Morgan fingerprint density at radius 3 is 2.14 bits per heavy atom. The van der Waals surface area contributed by atoms with Crippen molar-refractivity contribution in [1.82, 2.24) is 15.0 Å². The zero-order chi connectivity index (χ0) is 16.3. The van der Waals surface area contributed by atoms with Crippen molar-refractivity contribution in [2.45, 2.75) is 67.0 Å². The van der Waals surface area contributed by atoms with E-state index in [0.717, 1.165) is 25.1 Å². The Morgan fingerprint density at radius 1 is 1.05 bits per heavy atom. The second kappa shape index (κ2) is 7.92. The molecule has 0 radical (unpaired) electrons. The third kappa shape index (κ3) is 4.78. The summed E-state index contributed by atoms with van der Waals surface area (Å²) in [5, 5.41) is 8.21. The number of hydrogen-bond donors (Lipinski definition) is 0. The van der Waals surface area contributed by atoms with Gasteiger partial charge in [0.25, 0.3) is 0 Å². The molecule has 0 aliphatic heterocycles. The lowest BCUT2D eigenvalue weighted by Gasteiger charge is -2.27. The number of hydrogen-bond acceptors (Lipinski definition) is 2. The molecule has 0 unspecified atom stereocenters.